The van der Waals surface area contributed by atoms with Crippen molar-refractivity contribution in [2.45, 2.75) is 50.4 Å². The van der Waals surface area contributed by atoms with Crippen molar-refractivity contribution in [3.63, 3.8) is 0 Å². The zero-order valence-corrected chi connectivity index (χ0v) is 11.3. The number of carboxylic acid groups (broad SMARTS) is 1. The van der Waals surface area contributed by atoms with Crippen LogP contribution in [0.15, 0.2) is 0 Å². The molecule has 2 aliphatic heterocycles. The number of nitrogens with zero attached hydrogens (tertiary/aromatic N) is 1. The maximum Gasteiger partial charge on any atom is 0.303 e. The summed E-state index contributed by atoms with van der Waals surface area (Å²) < 4.78 is 11.5. The molecule has 0 aromatic rings. The standard InChI is InChI=1S/C14H23NO4/c16-13(17)9-11-3-6-15(10-11)12-1-4-14(5-2-12)18-7-8-19-14/h11-12H,1-10H2,(H,16,17). The van der Waals surface area contributed by atoms with Crippen molar-refractivity contribution in [1.29, 1.82) is 0 Å². The predicted octanol–water partition coefficient (Wildman–Crippen LogP) is 1.47. The third kappa shape index (κ3) is 2.93. The Morgan fingerprint density at radius 3 is 2.53 bits per heavy atom. The van der Waals surface area contributed by atoms with Crippen LogP contribution in [0.5, 0.6) is 0 Å². The summed E-state index contributed by atoms with van der Waals surface area (Å²) >= 11 is 0. The van der Waals surface area contributed by atoms with E-state index in [0.29, 0.717) is 18.4 Å². The number of hydrogen-bond acceptors (Lipinski definition) is 4. The smallest absolute Gasteiger partial charge is 0.303 e. The van der Waals surface area contributed by atoms with Crippen molar-refractivity contribution < 1.29 is 19.4 Å². The lowest BCUT2D eigenvalue weighted by Gasteiger charge is -2.39. The molecule has 3 fully saturated rings. The van der Waals surface area contributed by atoms with Crippen LogP contribution >= 0.6 is 0 Å². The Bertz CT molecular complexity index is 330. The maximum atomic E-state index is 10.8. The highest BCUT2D eigenvalue weighted by Crippen LogP contribution is 2.38. The van der Waals surface area contributed by atoms with Crippen molar-refractivity contribution >= 4 is 5.97 Å². The highest BCUT2D eigenvalue weighted by Gasteiger charge is 2.42. The summed E-state index contributed by atoms with van der Waals surface area (Å²) in [6.45, 7) is 3.47. The minimum Gasteiger partial charge on any atom is -0.481 e. The summed E-state index contributed by atoms with van der Waals surface area (Å²) in [4.78, 5) is 13.2. The maximum absolute atomic E-state index is 10.8. The number of rotatable bonds is 3. The average molecular weight is 269 g/mol. The molecule has 5 heteroatoms. The lowest BCUT2D eigenvalue weighted by Crippen LogP contribution is -2.43. The molecule has 0 bridgehead atoms. The van der Waals surface area contributed by atoms with Gasteiger partial charge in [0.15, 0.2) is 5.79 Å². The Morgan fingerprint density at radius 1 is 1.21 bits per heavy atom. The van der Waals surface area contributed by atoms with Crippen molar-refractivity contribution in [2.75, 3.05) is 26.3 Å². The molecule has 2 saturated heterocycles. The molecule has 0 amide bonds. The summed E-state index contributed by atoms with van der Waals surface area (Å²) in [5.74, 6) is -0.606. The van der Waals surface area contributed by atoms with E-state index in [9.17, 15) is 4.79 Å². The molecule has 108 valence electrons. The van der Waals surface area contributed by atoms with Gasteiger partial charge in [0.1, 0.15) is 0 Å². The van der Waals surface area contributed by atoms with Crippen LogP contribution in [-0.4, -0.2) is 54.1 Å². The van der Waals surface area contributed by atoms with Crippen molar-refractivity contribution in [3.05, 3.63) is 0 Å². The normalized spacial score (nSPS) is 32.1. The first-order valence-electron chi connectivity index (χ1n) is 7.41. The van der Waals surface area contributed by atoms with Gasteiger partial charge >= 0.3 is 5.97 Å². The molecular formula is C14H23NO4. The van der Waals surface area contributed by atoms with Gasteiger partial charge in [0.2, 0.25) is 0 Å². The van der Waals surface area contributed by atoms with Crippen LogP contribution in [0.1, 0.15) is 38.5 Å². The van der Waals surface area contributed by atoms with Gasteiger partial charge in [0.25, 0.3) is 0 Å². The monoisotopic (exact) mass is 269 g/mol. The molecule has 0 aromatic carbocycles. The zero-order chi connectivity index (χ0) is 13.3. The fraction of sp³-hybridized carbons (Fsp3) is 0.929. The molecule has 1 atom stereocenters. The lowest BCUT2D eigenvalue weighted by atomic mass is 9.89. The Kier molecular flexibility index (Phi) is 3.78. The average Bonchev–Trinajstić information content (AvgIpc) is 3.00. The van der Waals surface area contributed by atoms with Gasteiger partial charge < -0.3 is 19.5 Å². The molecule has 1 N–H and O–H groups in total. The Labute approximate surface area is 113 Å². The number of ether oxygens (including phenoxy) is 2. The van der Waals surface area contributed by atoms with Gasteiger partial charge in [-0.1, -0.05) is 0 Å². The highest BCUT2D eigenvalue weighted by molar-refractivity contribution is 5.67. The van der Waals surface area contributed by atoms with Crippen molar-refractivity contribution in [1.82, 2.24) is 4.90 Å². The van der Waals surface area contributed by atoms with E-state index in [-0.39, 0.29) is 5.79 Å². The van der Waals surface area contributed by atoms with E-state index >= 15 is 0 Å². The number of aliphatic carboxylic acids is 1. The zero-order valence-electron chi connectivity index (χ0n) is 11.3. The van der Waals surface area contributed by atoms with E-state index in [0.717, 1.165) is 58.4 Å². The predicted molar refractivity (Wildman–Crippen MR) is 68.8 cm³/mol. The fourth-order valence-electron chi connectivity index (χ4n) is 3.80. The number of hydrogen-bond donors (Lipinski definition) is 1. The topological polar surface area (TPSA) is 59.0 Å². The van der Waals surface area contributed by atoms with E-state index in [1.807, 2.05) is 0 Å². The fourth-order valence-corrected chi connectivity index (χ4v) is 3.80. The first-order valence-corrected chi connectivity index (χ1v) is 7.41. The molecule has 1 unspecified atom stereocenters. The second-order valence-electron chi connectivity index (χ2n) is 6.09. The summed E-state index contributed by atoms with van der Waals surface area (Å²) in [5, 5.41) is 8.86. The molecule has 5 nitrogen and oxygen atoms in total. The van der Waals surface area contributed by atoms with Crippen LogP contribution < -0.4 is 0 Å². The summed E-state index contributed by atoms with van der Waals surface area (Å²) in [6.07, 6.45) is 5.54. The molecule has 1 spiro atoms. The van der Waals surface area contributed by atoms with Gasteiger partial charge in [-0.15, -0.1) is 0 Å². The van der Waals surface area contributed by atoms with Crippen LogP contribution in [0.4, 0.5) is 0 Å². The summed E-state index contributed by atoms with van der Waals surface area (Å²) in [5.41, 5.74) is 0. The van der Waals surface area contributed by atoms with Gasteiger partial charge in [-0.3, -0.25) is 4.79 Å². The van der Waals surface area contributed by atoms with Crippen LogP contribution in [0.25, 0.3) is 0 Å². The summed E-state index contributed by atoms with van der Waals surface area (Å²) in [6, 6.07) is 0.595. The van der Waals surface area contributed by atoms with Crippen LogP contribution in [0.2, 0.25) is 0 Å². The molecule has 2 heterocycles. The van der Waals surface area contributed by atoms with Gasteiger partial charge in [0.05, 0.1) is 13.2 Å². The first-order chi connectivity index (χ1) is 9.17. The quantitative estimate of drug-likeness (QED) is 0.840. The minimum atomic E-state index is -0.665. The van der Waals surface area contributed by atoms with E-state index in [2.05, 4.69) is 4.90 Å². The highest BCUT2D eigenvalue weighted by atomic mass is 16.7. The Hall–Kier alpha value is -0.650. The molecule has 1 saturated carbocycles. The number of carbonyl (C=O) groups is 1. The molecular weight excluding hydrogens is 246 g/mol. The SMILES string of the molecule is O=C(O)CC1CCN(C2CCC3(CC2)OCCO3)C1. The summed E-state index contributed by atoms with van der Waals surface area (Å²) in [7, 11) is 0. The second-order valence-corrected chi connectivity index (χ2v) is 6.09. The number of likely N-dealkylation sites (tertiary alicyclic amines) is 1. The lowest BCUT2D eigenvalue weighted by molar-refractivity contribution is -0.183. The van der Waals surface area contributed by atoms with Crippen LogP contribution in [-0.2, 0) is 14.3 Å². The third-order valence-corrected chi connectivity index (χ3v) is 4.83. The second kappa shape index (κ2) is 5.38. The van der Waals surface area contributed by atoms with E-state index in [1.165, 1.54) is 0 Å². The van der Waals surface area contributed by atoms with Crippen LogP contribution in [0, 0.1) is 5.92 Å². The Morgan fingerprint density at radius 2 is 1.89 bits per heavy atom. The van der Waals surface area contributed by atoms with Gasteiger partial charge in [-0.25, -0.2) is 0 Å². The molecule has 3 aliphatic rings. The molecule has 3 rings (SSSR count). The minimum absolute atomic E-state index is 0.281. The Balaban J connectivity index is 1.48. The van der Waals surface area contributed by atoms with E-state index < -0.39 is 5.97 Å². The first kappa shape index (κ1) is 13.3. The van der Waals surface area contributed by atoms with Crippen LogP contribution in [0.3, 0.4) is 0 Å². The van der Waals surface area contributed by atoms with Crippen molar-refractivity contribution in [3.8, 4) is 0 Å². The largest absolute Gasteiger partial charge is 0.481 e. The number of carboxylic acids is 1. The van der Waals surface area contributed by atoms with E-state index in [1.54, 1.807) is 0 Å². The third-order valence-electron chi connectivity index (χ3n) is 4.83. The molecule has 0 radical (unpaired) electrons. The molecule has 19 heavy (non-hydrogen) atoms. The van der Waals surface area contributed by atoms with Gasteiger partial charge in [0, 0.05) is 31.8 Å². The van der Waals surface area contributed by atoms with E-state index in [4.69, 9.17) is 14.6 Å². The molecule has 1 aliphatic carbocycles. The molecule has 0 aromatic heterocycles. The van der Waals surface area contributed by atoms with Crippen molar-refractivity contribution in [2.24, 2.45) is 5.92 Å². The van der Waals surface area contributed by atoms with Gasteiger partial charge in [-0.2, -0.15) is 0 Å². The van der Waals surface area contributed by atoms with Gasteiger partial charge in [-0.05, 0) is 31.7 Å².